The molecule has 3 heterocycles. The van der Waals surface area contributed by atoms with Crippen LogP contribution in [-0.4, -0.2) is 47.8 Å². The number of aryl methyl sites for hydroxylation is 1. The van der Waals surface area contributed by atoms with Crippen molar-refractivity contribution >= 4 is 28.9 Å². The molecule has 0 bridgehead atoms. The summed E-state index contributed by atoms with van der Waals surface area (Å²) in [6.07, 6.45) is 3.55. The highest BCUT2D eigenvalue weighted by Crippen LogP contribution is 2.43. The fraction of sp³-hybridized carbons (Fsp3) is 0.389. The van der Waals surface area contributed by atoms with E-state index in [9.17, 15) is 14.7 Å². The third kappa shape index (κ3) is 3.06. The smallest absolute Gasteiger partial charge is 0.335 e. The molecule has 0 radical (unpaired) electrons. The normalized spacial score (nSPS) is 19.3. The number of amides is 1. The number of hydrogen-bond acceptors (Lipinski definition) is 6. The van der Waals surface area contributed by atoms with Crippen LogP contribution < -0.4 is 9.64 Å². The highest BCUT2D eigenvalue weighted by atomic mass is 32.1. The van der Waals surface area contributed by atoms with Crippen LogP contribution >= 0.6 is 11.3 Å². The first-order chi connectivity index (χ1) is 12.5. The molecule has 1 N–H and O–H groups in total. The van der Waals surface area contributed by atoms with Gasteiger partial charge in [-0.25, -0.2) is 9.78 Å². The lowest BCUT2D eigenvalue weighted by atomic mass is 10.0. The Hall–Kier alpha value is -2.45. The highest BCUT2D eigenvalue weighted by molar-refractivity contribution is 7.15. The lowest BCUT2D eigenvalue weighted by Crippen LogP contribution is -2.43. The summed E-state index contributed by atoms with van der Waals surface area (Å²) in [4.78, 5) is 31.0. The number of thiazole rings is 1. The number of carbonyl (C=O) groups excluding carboxylic acids is 1. The molecule has 136 valence electrons. The SMILES string of the molecule is Cc1cnc(-c2cc(C(=O)O)cc3c2OCC(=O)N3CC2CCCO2)s1. The van der Waals surface area contributed by atoms with Crippen LogP contribution in [-0.2, 0) is 9.53 Å². The second-order valence-electron chi connectivity index (χ2n) is 6.38. The van der Waals surface area contributed by atoms with E-state index in [1.807, 2.05) is 6.92 Å². The molecule has 7 nitrogen and oxygen atoms in total. The van der Waals surface area contributed by atoms with Gasteiger partial charge in [-0.1, -0.05) is 0 Å². The molecule has 1 atom stereocenters. The van der Waals surface area contributed by atoms with Gasteiger partial charge in [-0.05, 0) is 31.9 Å². The number of carbonyl (C=O) groups is 2. The molecule has 1 saturated heterocycles. The second kappa shape index (κ2) is 6.69. The fourth-order valence-corrected chi connectivity index (χ4v) is 4.04. The van der Waals surface area contributed by atoms with Gasteiger partial charge in [0.1, 0.15) is 5.01 Å². The molecule has 0 spiro atoms. The summed E-state index contributed by atoms with van der Waals surface area (Å²) < 4.78 is 11.4. The predicted octanol–water partition coefficient (Wildman–Crippen LogP) is 2.72. The summed E-state index contributed by atoms with van der Waals surface area (Å²) in [5.41, 5.74) is 1.17. The zero-order chi connectivity index (χ0) is 18.3. The summed E-state index contributed by atoms with van der Waals surface area (Å²) in [6.45, 7) is 2.94. The first-order valence-corrected chi connectivity index (χ1v) is 9.23. The number of benzene rings is 1. The Balaban J connectivity index is 1.82. The minimum absolute atomic E-state index is 0.0380. The molecule has 1 aromatic carbocycles. The Morgan fingerprint density at radius 1 is 1.46 bits per heavy atom. The van der Waals surface area contributed by atoms with Gasteiger partial charge in [0, 0.05) is 17.7 Å². The van der Waals surface area contributed by atoms with E-state index in [-0.39, 0.29) is 24.2 Å². The number of ether oxygens (including phenoxy) is 2. The number of aromatic carboxylic acids is 1. The minimum Gasteiger partial charge on any atom is -0.481 e. The fourth-order valence-electron chi connectivity index (χ4n) is 3.27. The maximum absolute atomic E-state index is 12.5. The van der Waals surface area contributed by atoms with E-state index in [4.69, 9.17) is 9.47 Å². The molecule has 4 rings (SSSR count). The molecule has 8 heteroatoms. The lowest BCUT2D eigenvalue weighted by molar-refractivity contribution is -0.121. The van der Waals surface area contributed by atoms with E-state index >= 15 is 0 Å². The van der Waals surface area contributed by atoms with Gasteiger partial charge >= 0.3 is 5.97 Å². The molecule has 0 aliphatic carbocycles. The van der Waals surface area contributed by atoms with E-state index in [0.29, 0.717) is 35.2 Å². The number of hydrogen-bond donors (Lipinski definition) is 1. The molecule has 2 aliphatic heterocycles. The van der Waals surface area contributed by atoms with Gasteiger partial charge < -0.3 is 19.5 Å². The van der Waals surface area contributed by atoms with Gasteiger partial charge in [-0.15, -0.1) is 11.3 Å². The Kier molecular flexibility index (Phi) is 4.37. The number of rotatable bonds is 4. The van der Waals surface area contributed by atoms with E-state index in [1.165, 1.54) is 17.4 Å². The van der Waals surface area contributed by atoms with Crippen molar-refractivity contribution in [1.82, 2.24) is 4.98 Å². The average Bonchev–Trinajstić information content (AvgIpc) is 3.28. The maximum atomic E-state index is 12.5. The van der Waals surface area contributed by atoms with Crippen LogP contribution in [0.25, 0.3) is 10.6 Å². The van der Waals surface area contributed by atoms with E-state index in [2.05, 4.69) is 4.98 Å². The summed E-state index contributed by atoms with van der Waals surface area (Å²) in [5, 5.41) is 10.2. The van der Waals surface area contributed by atoms with Crippen LogP contribution in [0.1, 0.15) is 28.1 Å². The lowest BCUT2D eigenvalue weighted by Gasteiger charge is -2.32. The van der Waals surface area contributed by atoms with Crippen molar-refractivity contribution in [2.45, 2.75) is 25.9 Å². The second-order valence-corrected chi connectivity index (χ2v) is 7.62. The largest absolute Gasteiger partial charge is 0.481 e. The Bertz CT molecular complexity index is 872. The van der Waals surface area contributed by atoms with Crippen LogP contribution in [0.5, 0.6) is 5.75 Å². The number of carboxylic acids is 1. The molecule has 2 aromatic rings. The number of nitrogens with zero attached hydrogens (tertiary/aromatic N) is 2. The molecule has 0 saturated carbocycles. The number of carboxylic acid groups (broad SMARTS) is 1. The molecular weight excluding hydrogens is 356 g/mol. The van der Waals surface area contributed by atoms with Crippen molar-refractivity contribution < 1.29 is 24.2 Å². The summed E-state index contributed by atoms with van der Waals surface area (Å²) in [7, 11) is 0. The Morgan fingerprint density at radius 2 is 2.31 bits per heavy atom. The van der Waals surface area contributed by atoms with Crippen LogP contribution in [0.15, 0.2) is 18.3 Å². The minimum atomic E-state index is -1.06. The summed E-state index contributed by atoms with van der Waals surface area (Å²) >= 11 is 1.46. The van der Waals surface area contributed by atoms with Crippen molar-refractivity contribution in [3.8, 4) is 16.3 Å². The van der Waals surface area contributed by atoms with Gasteiger partial charge in [0.15, 0.2) is 12.4 Å². The topological polar surface area (TPSA) is 89.0 Å². The number of anilines is 1. The van der Waals surface area contributed by atoms with Crippen LogP contribution in [0.3, 0.4) is 0 Å². The van der Waals surface area contributed by atoms with E-state index < -0.39 is 5.97 Å². The number of aromatic nitrogens is 1. The molecule has 1 unspecified atom stereocenters. The van der Waals surface area contributed by atoms with E-state index in [0.717, 1.165) is 17.7 Å². The maximum Gasteiger partial charge on any atom is 0.335 e. The molecule has 1 aromatic heterocycles. The molecule has 1 amide bonds. The zero-order valence-electron chi connectivity index (χ0n) is 14.2. The van der Waals surface area contributed by atoms with Gasteiger partial charge in [0.05, 0.1) is 29.5 Å². The first kappa shape index (κ1) is 17.0. The summed E-state index contributed by atoms with van der Waals surface area (Å²) in [5.74, 6) is -0.754. The van der Waals surface area contributed by atoms with Crippen molar-refractivity contribution in [3.05, 3.63) is 28.8 Å². The zero-order valence-corrected chi connectivity index (χ0v) is 15.0. The monoisotopic (exact) mass is 374 g/mol. The van der Waals surface area contributed by atoms with Crippen molar-refractivity contribution in [1.29, 1.82) is 0 Å². The molecular formula is C18H18N2O5S. The average molecular weight is 374 g/mol. The quantitative estimate of drug-likeness (QED) is 0.885. The third-order valence-electron chi connectivity index (χ3n) is 4.51. The van der Waals surface area contributed by atoms with Crippen molar-refractivity contribution in [2.75, 3.05) is 24.7 Å². The van der Waals surface area contributed by atoms with Crippen molar-refractivity contribution in [2.24, 2.45) is 0 Å². The Labute approximate surface area is 154 Å². The first-order valence-electron chi connectivity index (χ1n) is 8.42. The van der Waals surface area contributed by atoms with E-state index in [1.54, 1.807) is 17.2 Å². The third-order valence-corrected chi connectivity index (χ3v) is 5.46. The standard InChI is InChI=1S/C18H18N2O5S/c1-10-7-19-17(26-10)13-5-11(18(22)23)6-14-16(13)25-9-15(21)20(14)8-12-3-2-4-24-12/h5-7,12H,2-4,8-9H2,1H3,(H,22,23). The molecule has 1 fully saturated rings. The van der Waals surface area contributed by atoms with Crippen molar-refractivity contribution in [3.63, 3.8) is 0 Å². The van der Waals surface area contributed by atoms with Crippen LogP contribution in [0.4, 0.5) is 5.69 Å². The van der Waals surface area contributed by atoms with Gasteiger partial charge in [-0.2, -0.15) is 0 Å². The predicted molar refractivity (Wildman–Crippen MR) is 96.1 cm³/mol. The van der Waals surface area contributed by atoms with Gasteiger partial charge in [0.25, 0.3) is 5.91 Å². The van der Waals surface area contributed by atoms with Crippen LogP contribution in [0.2, 0.25) is 0 Å². The number of fused-ring (bicyclic) bond motifs is 1. The highest BCUT2D eigenvalue weighted by Gasteiger charge is 2.32. The molecule has 26 heavy (non-hydrogen) atoms. The van der Waals surface area contributed by atoms with Gasteiger partial charge in [0.2, 0.25) is 0 Å². The Morgan fingerprint density at radius 3 is 2.96 bits per heavy atom. The molecule has 2 aliphatic rings. The van der Waals surface area contributed by atoms with Crippen LogP contribution in [0, 0.1) is 6.92 Å². The summed E-state index contributed by atoms with van der Waals surface area (Å²) in [6, 6.07) is 3.05. The van der Waals surface area contributed by atoms with Gasteiger partial charge in [-0.3, -0.25) is 4.79 Å².